The minimum Gasteiger partial charge on any atom is -0.469 e. The van der Waals surface area contributed by atoms with Gasteiger partial charge in [-0.05, 0) is 49.9 Å². The lowest BCUT2D eigenvalue weighted by Gasteiger charge is -2.23. The number of aromatic amines is 1. The monoisotopic (exact) mass is 1050 g/mol. The smallest absolute Gasteiger partial charge is 0.311 e. The summed E-state index contributed by atoms with van der Waals surface area (Å²) in [6.07, 6.45) is 10.7. The summed E-state index contributed by atoms with van der Waals surface area (Å²) < 4.78 is 18.7. The Labute approximate surface area is 340 Å². The summed E-state index contributed by atoms with van der Waals surface area (Å²) in [7, 11) is 1.37. The molecule has 52 heavy (non-hydrogen) atoms. The maximum atomic E-state index is 12.3. The molecule has 0 aromatic carbocycles. The number of amides is 1. The molecule has 2 fully saturated rings. The number of ether oxygens (including phenoxy) is 3. The number of anilines is 1. The summed E-state index contributed by atoms with van der Waals surface area (Å²) >= 11 is 4.24. The van der Waals surface area contributed by atoms with Gasteiger partial charge >= 0.3 is 5.97 Å². The average Bonchev–Trinajstić information content (AvgIpc) is 3.78. The van der Waals surface area contributed by atoms with Crippen LogP contribution in [-0.4, -0.2) is 84.9 Å². The van der Waals surface area contributed by atoms with Crippen LogP contribution in [0.25, 0.3) is 11.0 Å². The van der Waals surface area contributed by atoms with Crippen molar-refractivity contribution >= 4 is 89.9 Å². The highest BCUT2D eigenvalue weighted by atomic mass is 128. The van der Waals surface area contributed by atoms with E-state index in [0.29, 0.717) is 47.9 Å². The number of H-pyrrole nitrogens is 1. The molecule has 0 saturated carbocycles. The van der Waals surface area contributed by atoms with Gasteiger partial charge in [0, 0.05) is 88.2 Å². The standard InChI is InChI=1S/C16H17N5O2.C9H14N4O2.C8H9NO2.I2.HI/c22-16-13-10-18-21(12-4-7-23-8-5-12)15(13)19-14(20-16)9-11-3-1-2-6-17-11;10-8-7(9(11)14)5-12-13(8)6-1-3-15-4-2-6;1-11-8(10)6-7-4-2-3-5-9-7;1-2;/h1-3,6,10,12H,4-5,7-9H2,(H,19,20,22);5-6H,1-4,10H2,(H2,11,14);2-5H,6H2,1H3;;1H. The average molecular weight is 1050 g/mol. The molecule has 0 aliphatic carbocycles. The molecule has 280 valence electrons. The molecule has 5 aromatic rings. The molecule has 7 rings (SSSR count). The van der Waals surface area contributed by atoms with Crippen LogP contribution in [0.4, 0.5) is 5.82 Å². The van der Waals surface area contributed by atoms with Crippen LogP contribution in [0.1, 0.15) is 65.3 Å². The molecule has 0 atom stereocenters. The highest BCUT2D eigenvalue weighted by molar-refractivity contribution is 15.0. The molecular formula is C33H41I3N10O6. The first-order chi connectivity index (χ1) is 24.8. The first-order valence-electron chi connectivity index (χ1n) is 16.1. The minimum absolute atomic E-state index is 0. The van der Waals surface area contributed by atoms with Crippen molar-refractivity contribution < 1.29 is 23.8 Å². The lowest BCUT2D eigenvalue weighted by Crippen LogP contribution is -2.22. The minimum atomic E-state index is -0.536. The first-order valence-corrected chi connectivity index (χ1v) is 22.4. The van der Waals surface area contributed by atoms with Crippen LogP contribution >= 0.6 is 61.2 Å². The zero-order valence-corrected chi connectivity index (χ0v) is 35.0. The lowest BCUT2D eigenvalue weighted by molar-refractivity contribution is -0.139. The van der Waals surface area contributed by atoms with E-state index in [1.807, 2.05) is 28.9 Å². The van der Waals surface area contributed by atoms with E-state index in [1.54, 1.807) is 35.4 Å². The number of carbonyl (C=O) groups is 2. The van der Waals surface area contributed by atoms with Gasteiger partial charge in [0.05, 0.1) is 43.7 Å². The van der Waals surface area contributed by atoms with Gasteiger partial charge in [-0.1, -0.05) is 12.1 Å². The molecule has 5 aromatic heterocycles. The Balaban J connectivity index is 0.000000218. The number of hydrogen-bond acceptors (Lipinski definition) is 12. The van der Waals surface area contributed by atoms with Gasteiger partial charge in [-0.2, -0.15) is 10.2 Å². The fourth-order valence-corrected chi connectivity index (χ4v) is 5.44. The number of pyridine rings is 2. The normalized spacial score (nSPS) is 14.3. The topological polar surface area (TPSA) is 221 Å². The van der Waals surface area contributed by atoms with Crippen molar-refractivity contribution in [3.63, 3.8) is 0 Å². The molecule has 0 unspecified atom stereocenters. The van der Waals surface area contributed by atoms with Gasteiger partial charge in [-0.3, -0.25) is 24.4 Å². The summed E-state index contributed by atoms with van der Waals surface area (Å²) in [5.41, 5.74) is 13.3. The van der Waals surface area contributed by atoms with Crippen LogP contribution in [0.15, 0.2) is 66.0 Å². The fraction of sp³-hybridized carbons (Fsp3) is 0.394. The highest BCUT2D eigenvalue weighted by Gasteiger charge is 2.22. The van der Waals surface area contributed by atoms with Crippen LogP contribution in [0.5, 0.6) is 0 Å². The highest BCUT2D eigenvalue weighted by Crippen LogP contribution is 2.25. The van der Waals surface area contributed by atoms with Gasteiger partial charge in [-0.15, -0.1) is 24.0 Å². The Morgan fingerprint density at radius 1 is 0.904 bits per heavy atom. The van der Waals surface area contributed by atoms with Crippen molar-refractivity contribution in [1.29, 1.82) is 0 Å². The number of halogens is 3. The molecule has 5 N–H and O–H groups in total. The number of methoxy groups -OCH3 is 1. The van der Waals surface area contributed by atoms with Gasteiger partial charge < -0.3 is 30.7 Å². The second-order valence-electron chi connectivity index (χ2n) is 11.4. The van der Waals surface area contributed by atoms with Crippen LogP contribution in [0.2, 0.25) is 0 Å². The number of aromatic nitrogens is 8. The maximum absolute atomic E-state index is 12.3. The number of nitrogens with two attached hydrogens (primary N) is 2. The van der Waals surface area contributed by atoms with Crippen molar-refractivity contribution in [1.82, 2.24) is 39.5 Å². The zero-order valence-electron chi connectivity index (χ0n) is 28.4. The Hall–Kier alpha value is -3.29. The van der Waals surface area contributed by atoms with E-state index in [2.05, 4.69) is 72.1 Å². The summed E-state index contributed by atoms with van der Waals surface area (Å²) in [6.45, 7) is 2.84. The SMILES string of the molecule is COC(=O)Cc1ccccn1.I.II.NC(=O)c1cnn(C2CCOCC2)c1N.O=c1[nH]c(Cc2ccccn2)nc2c1cnn2C1CCOCC1. The number of hydrogen-bond donors (Lipinski definition) is 3. The van der Waals surface area contributed by atoms with Crippen LogP contribution in [-0.2, 0) is 31.8 Å². The van der Waals surface area contributed by atoms with E-state index in [4.69, 9.17) is 20.9 Å². The van der Waals surface area contributed by atoms with E-state index in [0.717, 1.165) is 50.3 Å². The number of esters is 1. The second-order valence-corrected chi connectivity index (χ2v) is 11.4. The van der Waals surface area contributed by atoms with Gasteiger partial charge in [0.25, 0.3) is 11.5 Å². The van der Waals surface area contributed by atoms with E-state index < -0.39 is 5.91 Å². The number of primary amides is 1. The van der Waals surface area contributed by atoms with E-state index in [1.165, 1.54) is 13.3 Å². The number of nitrogens with one attached hydrogen (secondary N) is 1. The summed E-state index contributed by atoms with van der Waals surface area (Å²) in [5, 5.41) is 9.02. The van der Waals surface area contributed by atoms with E-state index in [-0.39, 0.29) is 54.0 Å². The molecule has 7 heterocycles. The number of fused-ring (bicyclic) bond motifs is 1. The molecule has 0 spiro atoms. The number of carbonyl (C=O) groups excluding carboxylic acids is 2. The van der Waals surface area contributed by atoms with E-state index >= 15 is 0 Å². The van der Waals surface area contributed by atoms with Crippen molar-refractivity contribution in [2.75, 3.05) is 39.3 Å². The summed E-state index contributed by atoms with van der Waals surface area (Å²) in [6, 6.07) is 11.6. The first kappa shape index (κ1) is 43.1. The molecule has 16 nitrogen and oxygen atoms in total. The molecule has 0 bridgehead atoms. The van der Waals surface area contributed by atoms with Gasteiger partial charge in [-0.25, -0.2) is 14.3 Å². The largest absolute Gasteiger partial charge is 0.469 e. The van der Waals surface area contributed by atoms with Crippen molar-refractivity contribution in [2.45, 2.75) is 50.6 Å². The number of rotatable bonds is 7. The second kappa shape index (κ2) is 22.7. The zero-order chi connectivity index (χ0) is 36.6. The molecule has 19 heteroatoms. The van der Waals surface area contributed by atoms with Crippen LogP contribution in [0.3, 0.4) is 0 Å². The fourth-order valence-electron chi connectivity index (χ4n) is 5.44. The molecular weight excluding hydrogens is 1010 g/mol. The third-order valence-electron chi connectivity index (χ3n) is 8.04. The Bertz CT molecular complexity index is 1880. The molecule has 2 saturated heterocycles. The van der Waals surface area contributed by atoms with E-state index in [9.17, 15) is 14.4 Å². The molecule has 1 amide bonds. The Kier molecular flexibility index (Phi) is 18.8. The Morgan fingerprint density at radius 2 is 1.46 bits per heavy atom. The molecule has 2 aliphatic heterocycles. The summed E-state index contributed by atoms with van der Waals surface area (Å²) in [4.78, 5) is 49.7. The van der Waals surface area contributed by atoms with Crippen molar-refractivity contribution in [2.24, 2.45) is 5.73 Å². The third-order valence-corrected chi connectivity index (χ3v) is 8.04. The van der Waals surface area contributed by atoms with Gasteiger partial charge in [0.1, 0.15) is 22.6 Å². The van der Waals surface area contributed by atoms with Crippen molar-refractivity contribution in [3.05, 3.63) is 94.3 Å². The molecule has 2 aliphatic rings. The quantitative estimate of drug-likeness (QED) is 0.151. The van der Waals surface area contributed by atoms with Gasteiger partial charge in [0.15, 0.2) is 5.65 Å². The lowest BCUT2D eigenvalue weighted by atomic mass is 10.1. The van der Waals surface area contributed by atoms with Crippen LogP contribution < -0.4 is 17.0 Å². The predicted octanol–water partition coefficient (Wildman–Crippen LogP) is 4.56. The predicted molar refractivity (Wildman–Crippen MR) is 222 cm³/mol. The summed E-state index contributed by atoms with van der Waals surface area (Å²) in [5.74, 6) is 0.166. The van der Waals surface area contributed by atoms with Gasteiger partial charge in [0.2, 0.25) is 0 Å². The number of nitrogens with zero attached hydrogens (tertiary/aromatic N) is 7. The van der Waals surface area contributed by atoms with Crippen LogP contribution in [0, 0.1) is 0 Å². The maximum Gasteiger partial charge on any atom is 0.311 e. The number of nitrogen functional groups attached to an aromatic ring is 1. The molecule has 0 radical (unpaired) electrons. The van der Waals surface area contributed by atoms with Crippen molar-refractivity contribution in [3.8, 4) is 0 Å². The Morgan fingerprint density at radius 3 is 1.98 bits per heavy atom. The third kappa shape index (κ3) is 12.4.